The summed E-state index contributed by atoms with van der Waals surface area (Å²) in [5.41, 5.74) is 3.48. The Labute approximate surface area is 83.1 Å². The van der Waals surface area contributed by atoms with Gasteiger partial charge in [0, 0.05) is 14.1 Å². The van der Waals surface area contributed by atoms with Gasteiger partial charge in [0.25, 0.3) is 10.1 Å². The molecular weight excluding hydrogens is 204 g/mol. The van der Waals surface area contributed by atoms with Gasteiger partial charge in [0.15, 0.2) is 0 Å². The molecule has 0 atom stereocenters. The minimum Gasteiger partial charge on any atom is -0.319 e. The summed E-state index contributed by atoms with van der Waals surface area (Å²) in [6.07, 6.45) is 0. The molecule has 0 spiro atoms. The van der Waals surface area contributed by atoms with E-state index in [0.717, 1.165) is 0 Å². The molecule has 0 radical (unpaired) electrons. The molecule has 1 aromatic rings. The van der Waals surface area contributed by atoms with Crippen molar-refractivity contribution >= 4 is 15.8 Å². The van der Waals surface area contributed by atoms with Crippen molar-refractivity contribution in [1.29, 1.82) is 0 Å². The number of anilines is 1. The predicted molar refractivity (Wildman–Crippen MR) is 53.6 cm³/mol. The highest BCUT2D eigenvalue weighted by atomic mass is 32.2. The number of nitrogens with zero attached hydrogens (tertiary/aromatic N) is 1. The van der Waals surface area contributed by atoms with Gasteiger partial charge in [-0.2, -0.15) is 8.42 Å². The Morgan fingerprint density at radius 1 is 1.36 bits per heavy atom. The van der Waals surface area contributed by atoms with Gasteiger partial charge in [0.2, 0.25) is 0 Å². The summed E-state index contributed by atoms with van der Waals surface area (Å²) in [7, 11) is -0.564. The molecule has 0 saturated carbocycles. The van der Waals surface area contributed by atoms with Gasteiger partial charge in [-0.05, 0) is 18.2 Å². The first-order valence-electron chi connectivity index (χ1n) is 3.91. The van der Waals surface area contributed by atoms with Crippen LogP contribution >= 0.6 is 0 Å². The van der Waals surface area contributed by atoms with Crippen LogP contribution in [0.25, 0.3) is 0 Å². The van der Waals surface area contributed by atoms with Gasteiger partial charge in [-0.25, -0.2) is 5.01 Å². The van der Waals surface area contributed by atoms with Crippen LogP contribution in [-0.4, -0.2) is 32.1 Å². The first kappa shape index (κ1) is 11.0. The molecule has 2 N–H and O–H groups in total. The average Bonchev–Trinajstić information content (AvgIpc) is 2.01. The third-order valence-corrected chi connectivity index (χ3v) is 2.33. The number of hydrazine groups is 1. The summed E-state index contributed by atoms with van der Waals surface area (Å²) in [6.45, 7) is 0. The number of hydrogen-bond acceptors (Lipinski definition) is 4. The van der Waals surface area contributed by atoms with E-state index >= 15 is 0 Å². The number of rotatable bonds is 3. The smallest absolute Gasteiger partial charge is 0.294 e. The molecule has 14 heavy (non-hydrogen) atoms. The maximum atomic E-state index is 10.8. The molecule has 0 amide bonds. The summed E-state index contributed by atoms with van der Waals surface area (Å²) >= 11 is 0. The van der Waals surface area contributed by atoms with E-state index in [1.54, 1.807) is 31.2 Å². The standard InChI is InChI=1S/C8H12N2O3S/c1-10(2)9-7-4-3-5-8(6-7)14(11,12)13/h3-6,9H,1-2H3,(H,11,12,13). The number of benzene rings is 1. The van der Waals surface area contributed by atoms with Gasteiger partial charge in [-0.1, -0.05) is 6.07 Å². The SMILES string of the molecule is CN(C)Nc1cccc(S(=O)(=O)O)c1. The fourth-order valence-electron chi connectivity index (χ4n) is 0.984. The number of hydrogen-bond donors (Lipinski definition) is 2. The Kier molecular flexibility index (Phi) is 3.10. The fourth-order valence-corrected chi connectivity index (χ4v) is 1.51. The van der Waals surface area contributed by atoms with Gasteiger partial charge < -0.3 is 5.43 Å². The largest absolute Gasteiger partial charge is 0.319 e. The second kappa shape index (κ2) is 3.95. The van der Waals surface area contributed by atoms with E-state index in [1.807, 2.05) is 0 Å². The Balaban J connectivity index is 3.02. The summed E-state index contributed by atoms with van der Waals surface area (Å²) in [6, 6.07) is 5.94. The molecule has 1 rings (SSSR count). The van der Waals surface area contributed by atoms with Crippen LogP contribution in [0, 0.1) is 0 Å². The van der Waals surface area contributed by atoms with Crippen LogP contribution in [0.3, 0.4) is 0 Å². The summed E-state index contributed by atoms with van der Waals surface area (Å²) < 4.78 is 30.3. The van der Waals surface area contributed by atoms with E-state index in [0.29, 0.717) is 5.69 Å². The van der Waals surface area contributed by atoms with Crippen LogP contribution in [0.4, 0.5) is 5.69 Å². The van der Waals surface area contributed by atoms with Gasteiger partial charge in [-0.15, -0.1) is 0 Å². The van der Waals surface area contributed by atoms with Crippen LogP contribution in [0.5, 0.6) is 0 Å². The summed E-state index contributed by atoms with van der Waals surface area (Å²) in [5, 5.41) is 1.67. The van der Waals surface area contributed by atoms with Crippen molar-refractivity contribution in [1.82, 2.24) is 5.01 Å². The molecule has 0 aliphatic rings. The van der Waals surface area contributed by atoms with Crippen LogP contribution in [0.1, 0.15) is 0 Å². The lowest BCUT2D eigenvalue weighted by molar-refractivity contribution is 0.482. The predicted octanol–water partition coefficient (Wildman–Crippen LogP) is 0.822. The van der Waals surface area contributed by atoms with E-state index < -0.39 is 10.1 Å². The van der Waals surface area contributed by atoms with Crippen molar-refractivity contribution in [2.24, 2.45) is 0 Å². The molecule has 0 unspecified atom stereocenters. The van der Waals surface area contributed by atoms with Gasteiger partial charge >= 0.3 is 0 Å². The van der Waals surface area contributed by atoms with Crippen LogP contribution in [0.15, 0.2) is 29.2 Å². The maximum Gasteiger partial charge on any atom is 0.294 e. The van der Waals surface area contributed by atoms with Crippen molar-refractivity contribution in [2.75, 3.05) is 19.5 Å². The van der Waals surface area contributed by atoms with Gasteiger partial charge in [0.1, 0.15) is 0 Å². The molecule has 78 valence electrons. The lowest BCUT2D eigenvalue weighted by atomic mass is 10.3. The molecule has 0 aromatic heterocycles. The summed E-state index contributed by atoms with van der Waals surface area (Å²) in [5.74, 6) is 0. The zero-order valence-corrected chi connectivity index (χ0v) is 8.75. The Hall–Kier alpha value is -1.11. The van der Waals surface area contributed by atoms with Gasteiger partial charge in [-0.3, -0.25) is 4.55 Å². The third kappa shape index (κ3) is 2.99. The molecule has 0 aliphatic carbocycles. The highest BCUT2D eigenvalue weighted by molar-refractivity contribution is 7.85. The van der Waals surface area contributed by atoms with E-state index in [4.69, 9.17) is 4.55 Å². The van der Waals surface area contributed by atoms with Crippen LogP contribution < -0.4 is 5.43 Å². The van der Waals surface area contributed by atoms with Crippen molar-refractivity contribution < 1.29 is 13.0 Å². The molecule has 0 bridgehead atoms. The Morgan fingerprint density at radius 2 is 2.00 bits per heavy atom. The van der Waals surface area contributed by atoms with Crippen LogP contribution in [-0.2, 0) is 10.1 Å². The zero-order valence-electron chi connectivity index (χ0n) is 7.93. The van der Waals surface area contributed by atoms with E-state index in [-0.39, 0.29) is 4.90 Å². The highest BCUT2D eigenvalue weighted by Crippen LogP contribution is 2.14. The second-order valence-electron chi connectivity index (χ2n) is 3.01. The molecule has 6 heteroatoms. The topological polar surface area (TPSA) is 69.6 Å². The first-order valence-corrected chi connectivity index (χ1v) is 5.35. The number of nitrogens with one attached hydrogen (secondary N) is 1. The monoisotopic (exact) mass is 216 g/mol. The minimum absolute atomic E-state index is 0.121. The zero-order chi connectivity index (χ0) is 10.8. The normalized spacial score (nSPS) is 11.7. The van der Waals surface area contributed by atoms with E-state index in [1.165, 1.54) is 12.1 Å². The average molecular weight is 216 g/mol. The fraction of sp³-hybridized carbons (Fsp3) is 0.250. The molecule has 5 nitrogen and oxygen atoms in total. The van der Waals surface area contributed by atoms with Gasteiger partial charge in [0.05, 0.1) is 10.6 Å². The molecule has 0 fully saturated rings. The minimum atomic E-state index is -4.12. The van der Waals surface area contributed by atoms with Crippen LogP contribution in [0.2, 0.25) is 0 Å². The van der Waals surface area contributed by atoms with Crippen molar-refractivity contribution in [3.8, 4) is 0 Å². The molecular formula is C8H12N2O3S. The van der Waals surface area contributed by atoms with E-state index in [9.17, 15) is 8.42 Å². The molecule has 1 aromatic carbocycles. The second-order valence-corrected chi connectivity index (χ2v) is 4.43. The lowest BCUT2D eigenvalue weighted by Crippen LogP contribution is -2.19. The summed E-state index contributed by atoms with van der Waals surface area (Å²) in [4.78, 5) is -0.121. The Bertz CT molecular complexity index is 414. The van der Waals surface area contributed by atoms with Crippen molar-refractivity contribution in [3.05, 3.63) is 24.3 Å². The first-order chi connectivity index (χ1) is 6.39. The highest BCUT2D eigenvalue weighted by Gasteiger charge is 2.09. The van der Waals surface area contributed by atoms with Crippen molar-refractivity contribution in [2.45, 2.75) is 4.90 Å². The maximum absolute atomic E-state index is 10.8. The quantitative estimate of drug-likeness (QED) is 0.578. The lowest BCUT2D eigenvalue weighted by Gasteiger charge is -2.13. The molecule has 0 saturated heterocycles. The Morgan fingerprint density at radius 3 is 2.50 bits per heavy atom. The third-order valence-electron chi connectivity index (χ3n) is 1.48. The van der Waals surface area contributed by atoms with Crippen molar-refractivity contribution in [3.63, 3.8) is 0 Å². The molecule has 0 heterocycles. The molecule has 0 aliphatic heterocycles. The van der Waals surface area contributed by atoms with E-state index in [2.05, 4.69) is 5.43 Å².